The molecule has 1 heterocycles. The Bertz CT molecular complexity index is 627. The fraction of sp³-hybridized carbons (Fsp3) is 0.550. The van der Waals surface area contributed by atoms with Crippen molar-refractivity contribution in [2.75, 3.05) is 6.61 Å². The Morgan fingerprint density at radius 3 is 2.56 bits per heavy atom. The molecule has 140 valence electrons. The summed E-state index contributed by atoms with van der Waals surface area (Å²) < 4.78 is 5.32. The number of aromatic amines is 1. The van der Waals surface area contributed by atoms with Crippen LogP contribution in [0.2, 0.25) is 0 Å². The Kier molecular flexibility index (Phi) is 10.3. The van der Waals surface area contributed by atoms with E-state index in [4.69, 9.17) is 10.5 Å². The molecule has 2 aromatic rings. The number of nitrogens with two attached hydrogens (primary N) is 1. The van der Waals surface area contributed by atoms with Gasteiger partial charge in [0.05, 0.1) is 6.61 Å². The molecule has 4 nitrogen and oxygen atoms in total. The zero-order valence-electron chi connectivity index (χ0n) is 15.1. The van der Waals surface area contributed by atoms with E-state index in [-0.39, 0.29) is 18.4 Å². The van der Waals surface area contributed by atoms with Gasteiger partial charge in [0, 0.05) is 23.5 Å². The molecule has 0 fully saturated rings. The molecule has 0 spiro atoms. The van der Waals surface area contributed by atoms with Gasteiger partial charge in [0.2, 0.25) is 0 Å². The van der Waals surface area contributed by atoms with Gasteiger partial charge in [-0.05, 0) is 18.1 Å². The lowest BCUT2D eigenvalue weighted by molar-refractivity contribution is -0.145. The maximum absolute atomic E-state index is 12.0. The van der Waals surface area contributed by atoms with Gasteiger partial charge in [-0.25, -0.2) is 0 Å². The van der Waals surface area contributed by atoms with Gasteiger partial charge >= 0.3 is 5.97 Å². The molecule has 0 radical (unpaired) electrons. The average Bonchev–Trinajstić information content (AvgIpc) is 3.00. The smallest absolute Gasteiger partial charge is 0.323 e. The standard InChI is InChI=1S/C20H30N2O2.ClH/c1-2-3-4-5-6-7-10-13-24-20(23)18(21)14-16-15-22-19-12-9-8-11-17(16)19;/h8-9,11-12,15,18,22H,2-7,10,13-14,21H2,1H3;1H/t18-;/m0./s1. The molecular formula is C20H31ClN2O2. The fourth-order valence-corrected chi connectivity index (χ4v) is 2.96. The number of unbranched alkanes of at least 4 members (excludes halogenated alkanes) is 6. The normalized spacial score (nSPS) is 11.9. The zero-order chi connectivity index (χ0) is 17.2. The third-order valence-corrected chi connectivity index (χ3v) is 4.41. The van der Waals surface area contributed by atoms with Gasteiger partial charge in [0.15, 0.2) is 0 Å². The summed E-state index contributed by atoms with van der Waals surface area (Å²) in [6.07, 6.45) is 10.9. The van der Waals surface area contributed by atoms with Crippen molar-refractivity contribution >= 4 is 29.3 Å². The Morgan fingerprint density at radius 2 is 1.80 bits per heavy atom. The van der Waals surface area contributed by atoms with Crippen LogP contribution in [0.25, 0.3) is 10.9 Å². The molecule has 0 amide bonds. The number of rotatable bonds is 11. The summed E-state index contributed by atoms with van der Waals surface area (Å²) in [5.74, 6) is -0.300. The first kappa shape index (κ1) is 21.5. The van der Waals surface area contributed by atoms with Crippen molar-refractivity contribution in [3.05, 3.63) is 36.0 Å². The van der Waals surface area contributed by atoms with Gasteiger partial charge in [-0.1, -0.05) is 63.6 Å². The summed E-state index contributed by atoms with van der Waals surface area (Å²) in [6, 6.07) is 7.43. The summed E-state index contributed by atoms with van der Waals surface area (Å²) in [5.41, 5.74) is 8.13. The van der Waals surface area contributed by atoms with Gasteiger partial charge in [0.25, 0.3) is 0 Å². The van der Waals surface area contributed by atoms with Crippen LogP contribution in [-0.2, 0) is 16.0 Å². The third kappa shape index (κ3) is 7.09. The lowest BCUT2D eigenvalue weighted by atomic mass is 10.1. The summed E-state index contributed by atoms with van der Waals surface area (Å²) in [7, 11) is 0. The second-order valence-electron chi connectivity index (χ2n) is 6.46. The highest BCUT2D eigenvalue weighted by atomic mass is 35.5. The summed E-state index contributed by atoms with van der Waals surface area (Å²) >= 11 is 0. The Labute approximate surface area is 156 Å². The van der Waals surface area contributed by atoms with Crippen LogP contribution < -0.4 is 5.73 Å². The molecule has 0 saturated carbocycles. The molecule has 0 saturated heterocycles. The second kappa shape index (κ2) is 11.9. The van der Waals surface area contributed by atoms with Crippen molar-refractivity contribution in [2.45, 2.75) is 64.3 Å². The minimum Gasteiger partial charge on any atom is -0.465 e. The van der Waals surface area contributed by atoms with Crippen LogP contribution in [0.4, 0.5) is 0 Å². The summed E-state index contributed by atoms with van der Waals surface area (Å²) in [4.78, 5) is 15.2. The van der Waals surface area contributed by atoms with E-state index in [0.29, 0.717) is 13.0 Å². The SMILES string of the molecule is CCCCCCCCCOC(=O)[C@@H](N)Cc1c[nH]c2ccccc12.Cl. The Balaban J connectivity index is 0.00000312. The lowest BCUT2D eigenvalue weighted by Crippen LogP contribution is -2.34. The molecule has 0 aliphatic heterocycles. The number of ether oxygens (including phenoxy) is 1. The molecule has 5 heteroatoms. The highest BCUT2D eigenvalue weighted by Crippen LogP contribution is 2.19. The quantitative estimate of drug-likeness (QED) is 0.445. The molecule has 3 N–H and O–H groups in total. The van der Waals surface area contributed by atoms with Crippen LogP contribution in [-0.4, -0.2) is 23.6 Å². The van der Waals surface area contributed by atoms with Crippen LogP contribution >= 0.6 is 12.4 Å². The highest BCUT2D eigenvalue weighted by molar-refractivity contribution is 5.85. The van der Waals surface area contributed by atoms with E-state index in [2.05, 4.69) is 11.9 Å². The minimum absolute atomic E-state index is 0. The van der Waals surface area contributed by atoms with Crippen molar-refractivity contribution in [3.8, 4) is 0 Å². The van der Waals surface area contributed by atoms with Crippen LogP contribution in [0.15, 0.2) is 30.5 Å². The Morgan fingerprint density at radius 1 is 1.12 bits per heavy atom. The maximum Gasteiger partial charge on any atom is 0.323 e. The van der Waals surface area contributed by atoms with Crippen molar-refractivity contribution in [2.24, 2.45) is 5.73 Å². The van der Waals surface area contributed by atoms with Crippen LogP contribution in [0, 0.1) is 0 Å². The number of esters is 1. The van der Waals surface area contributed by atoms with E-state index >= 15 is 0 Å². The monoisotopic (exact) mass is 366 g/mol. The summed E-state index contributed by atoms with van der Waals surface area (Å²) in [5, 5.41) is 1.12. The number of fused-ring (bicyclic) bond motifs is 1. The number of halogens is 1. The van der Waals surface area contributed by atoms with Crippen molar-refractivity contribution in [1.29, 1.82) is 0 Å². The molecule has 0 aliphatic rings. The topological polar surface area (TPSA) is 68.1 Å². The van der Waals surface area contributed by atoms with Gasteiger partial charge in [-0.15, -0.1) is 12.4 Å². The number of aromatic nitrogens is 1. The van der Waals surface area contributed by atoms with E-state index < -0.39 is 6.04 Å². The van der Waals surface area contributed by atoms with Gasteiger partial charge in [-0.3, -0.25) is 4.79 Å². The number of nitrogens with one attached hydrogen (secondary N) is 1. The zero-order valence-corrected chi connectivity index (χ0v) is 15.9. The van der Waals surface area contributed by atoms with Gasteiger partial charge in [0.1, 0.15) is 6.04 Å². The van der Waals surface area contributed by atoms with E-state index in [9.17, 15) is 4.79 Å². The highest BCUT2D eigenvalue weighted by Gasteiger charge is 2.17. The fourth-order valence-electron chi connectivity index (χ4n) is 2.96. The lowest BCUT2D eigenvalue weighted by Gasteiger charge is -2.11. The molecule has 0 aliphatic carbocycles. The number of carbonyl (C=O) groups is 1. The van der Waals surface area contributed by atoms with E-state index in [1.165, 1.54) is 32.1 Å². The number of carbonyl (C=O) groups excluding carboxylic acids is 1. The number of hydrogen-bond acceptors (Lipinski definition) is 3. The van der Waals surface area contributed by atoms with Crippen molar-refractivity contribution in [1.82, 2.24) is 4.98 Å². The number of H-pyrrole nitrogens is 1. The largest absolute Gasteiger partial charge is 0.465 e. The molecule has 0 bridgehead atoms. The van der Waals surface area contributed by atoms with Crippen LogP contribution in [0.5, 0.6) is 0 Å². The first-order valence-corrected chi connectivity index (χ1v) is 9.19. The summed E-state index contributed by atoms with van der Waals surface area (Å²) in [6.45, 7) is 2.70. The van der Waals surface area contributed by atoms with Crippen LogP contribution in [0.1, 0.15) is 57.4 Å². The van der Waals surface area contributed by atoms with Crippen molar-refractivity contribution in [3.63, 3.8) is 0 Å². The Hall–Kier alpha value is -1.52. The third-order valence-electron chi connectivity index (χ3n) is 4.41. The second-order valence-corrected chi connectivity index (χ2v) is 6.46. The molecule has 1 aromatic heterocycles. The maximum atomic E-state index is 12.0. The molecule has 2 rings (SSSR count). The first-order chi connectivity index (χ1) is 11.7. The number of hydrogen-bond donors (Lipinski definition) is 2. The van der Waals surface area contributed by atoms with Crippen LogP contribution in [0.3, 0.4) is 0 Å². The molecule has 1 atom stereocenters. The van der Waals surface area contributed by atoms with E-state index in [1.807, 2.05) is 30.5 Å². The van der Waals surface area contributed by atoms with Crippen molar-refractivity contribution < 1.29 is 9.53 Å². The number of para-hydroxylation sites is 1. The predicted octanol–water partition coefficient (Wildman–Crippen LogP) is 4.75. The molecule has 1 aromatic carbocycles. The molecular weight excluding hydrogens is 336 g/mol. The van der Waals surface area contributed by atoms with E-state index in [1.54, 1.807) is 0 Å². The predicted molar refractivity (Wildman–Crippen MR) is 106 cm³/mol. The molecule has 25 heavy (non-hydrogen) atoms. The van der Waals surface area contributed by atoms with Gasteiger partial charge < -0.3 is 15.5 Å². The first-order valence-electron chi connectivity index (χ1n) is 9.19. The molecule has 0 unspecified atom stereocenters. The number of benzene rings is 1. The van der Waals surface area contributed by atoms with E-state index in [0.717, 1.165) is 29.3 Å². The van der Waals surface area contributed by atoms with Gasteiger partial charge in [-0.2, -0.15) is 0 Å². The average molecular weight is 367 g/mol. The minimum atomic E-state index is -0.603.